The number of benzene rings is 2. The van der Waals surface area contributed by atoms with E-state index in [0.29, 0.717) is 5.39 Å². The van der Waals surface area contributed by atoms with E-state index in [1.54, 1.807) is 36.4 Å². The Morgan fingerprint density at radius 3 is 2.33 bits per heavy atom. The molecular formula is C10H7NO3S. The minimum atomic E-state index is -4.06. The molecular weight excluding hydrogens is 214 g/mol. The lowest BCUT2D eigenvalue weighted by Gasteiger charge is -2.01. The Morgan fingerprint density at radius 1 is 0.933 bits per heavy atom. The van der Waals surface area contributed by atoms with Gasteiger partial charge in [-0.25, -0.2) is 0 Å². The zero-order chi connectivity index (χ0) is 10.9. The molecule has 0 atom stereocenters. The van der Waals surface area contributed by atoms with Crippen molar-refractivity contribution in [1.29, 1.82) is 0 Å². The Balaban J connectivity index is 2.89. The van der Waals surface area contributed by atoms with Crippen molar-refractivity contribution in [3.63, 3.8) is 0 Å². The van der Waals surface area contributed by atoms with Crippen LogP contribution < -0.4 is 0 Å². The van der Waals surface area contributed by atoms with E-state index in [2.05, 4.69) is 4.58 Å². The molecule has 0 heterocycles. The second kappa shape index (κ2) is 3.43. The molecule has 0 bridgehead atoms. The first-order valence-corrected chi connectivity index (χ1v) is 5.66. The quantitative estimate of drug-likeness (QED) is 0.731. The number of rotatable bonds is 2. The maximum absolute atomic E-state index is 11.3. The molecule has 0 unspecified atom stereocenters. The van der Waals surface area contributed by atoms with Crippen LogP contribution in [0.3, 0.4) is 0 Å². The van der Waals surface area contributed by atoms with Gasteiger partial charge < -0.3 is 0 Å². The molecule has 0 saturated heterocycles. The van der Waals surface area contributed by atoms with Crippen molar-refractivity contribution >= 4 is 20.8 Å². The number of nitroso groups, excluding NO2 is 1. The van der Waals surface area contributed by atoms with E-state index in [0.717, 1.165) is 5.39 Å². The van der Waals surface area contributed by atoms with Crippen LogP contribution in [0, 0.1) is 4.91 Å². The van der Waals surface area contributed by atoms with Gasteiger partial charge in [0, 0.05) is 5.39 Å². The molecule has 0 aliphatic heterocycles. The van der Waals surface area contributed by atoms with Crippen molar-refractivity contribution in [1.82, 2.24) is 0 Å². The predicted molar refractivity (Wildman–Crippen MR) is 56.9 cm³/mol. The van der Waals surface area contributed by atoms with Crippen LogP contribution in [0.2, 0.25) is 0 Å². The average molecular weight is 221 g/mol. The minimum absolute atomic E-state index is 0.0457. The molecule has 0 aromatic heterocycles. The smallest absolute Gasteiger partial charge is 0.196 e. The van der Waals surface area contributed by atoms with Gasteiger partial charge in [0.2, 0.25) is 0 Å². The molecule has 0 amide bonds. The van der Waals surface area contributed by atoms with Gasteiger partial charge >= 0.3 is 10.0 Å². The van der Waals surface area contributed by atoms with Gasteiger partial charge in [-0.3, -0.25) is 0 Å². The average Bonchev–Trinajstić information content (AvgIpc) is 2.28. The van der Waals surface area contributed by atoms with Crippen molar-refractivity contribution in [2.75, 3.05) is 0 Å². The lowest BCUT2D eigenvalue weighted by molar-refractivity contribution is 0.598. The first kappa shape index (κ1) is 9.79. The van der Waals surface area contributed by atoms with E-state index >= 15 is 0 Å². The molecule has 0 saturated carbocycles. The molecule has 0 radical (unpaired) electrons. The summed E-state index contributed by atoms with van der Waals surface area (Å²) in [5, 5.41) is 1.28. The molecule has 76 valence electrons. The highest BCUT2D eigenvalue weighted by Crippen LogP contribution is 2.23. The maximum Gasteiger partial charge on any atom is 0.317 e. The predicted octanol–water partition coefficient (Wildman–Crippen LogP) is 2.29. The third-order valence-corrected chi connectivity index (χ3v) is 3.23. The first-order valence-electron chi connectivity index (χ1n) is 4.22. The topological polar surface area (TPSA) is 63.6 Å². The highest BCUT2D eigenvalue weighted by atomic mass is 32.2. The van der Waals surface area contributed by atoms with Crippen LogP contribution in [0.15, 0.2) is 51.9 Å². The fourth-order valence-corrected chi connectivity index (χ4v) is 2.26. The Kier molecular flexibility index (Phi) is 2.24. The molecule has 15 heavy (non-hydrogen) atoms. The lowest BCUT2D eigenvalue weighted by Crippen LogP contribution is -1.96. The lowest BCUT2D eigenvalue weighted by atomic mass is 10.1. The highest BCUT2D eigenvalue weighted by Gasteiger charge is 2.16. The van der Waals surface area contributed by atoms with E-state index < -0.39 is 10.0 Å². The van der Waals surface area contributed by atoms with E-state index in [-0.39, 0.29) is 4.90 Å². The Labute approximate surface area is 86.6 Å². The van der Waals surface area contributed by atoms with Gasteiger partial charge in [-0.2, -0.15) is 8.42 Å². The van der Waals surface area contributed by atoms with Crippen molar-refractivity contribution in [2.24, 2.45) is 4.58 Å². The Bertz CT molecular complexity index is 614. The summed E-state index contributed by atoms with van der Waals surface area (Å²) in [5.74, 6) is 0. The zero-order valence-corrected chi connectivity index (χ0v) is 8.44. The maximum atomic E-state index is 11.3. The number of hydrogen-bond donors (Lipinski definition) is 0. The molecule has 0 N–H and O–H groups in total. The molecule has 0 aliphatic carbocycles. The van der Waals surface area contributed by atoms with Gasteiger partial charge in [0.1, 0.15) is 0 Å². The molecule has 0 spiro atoms. The summed E-state index contributed by atoms with van der Waals surface area (Å²) in [6.07, 6.45) is 0. The molecule has 2 aromatic rings. The van der Waals surface area contributed by atoms with Gasteiger partial charge in [-0.15, -0.1) is 4.91 Å². The SMILES string of the molecule is O=NS(=O)(=O)c1cccc2ccccc12. The largest absolute Gasteiger partial charge is 0.317 e. The van der Waals surface area contributed by atoms with E-state index in [4.69, 9.17) is 0 Å². The van der Waals surface area contributed by atoms with Crippen LogP contribution in [0.25, 0.3) is 10.8 Å². The van der Waals surface area contributed by atoms with Gasteiger partial charge in [0.25, 0.3) is 0 Å². The molecule has 2 aromatic carbocycles. The molecule has 2 rings (SSSR count). The number of fused-ring (bicyclic) bond motifs is 1. The van der Waals surface area contributed by atoms with E-state index in [9.17, 15) is 13.3 Å². The van der Waals surface area contributed by atoms with Crippen molar-refractivity contribution in [2.45, 2.75) is 4.90 Å². The summed E-state index contributed by atoms with van der Waals surface area (Å²) in [4.78, 5) is 10.2. The van der Waals surface area contributed by atoms with Crippen LogP contribution in [0.5, 0.6) is 0 Å². The summed E-state index contributed by atoms with van der Waals surface area (Å²) >= 11 is 0. The van der Waals surface area contributed by atoms with Crippen LogP contribution >= 0.6 is 0 Å². The van der Waals surface area contributed by atoms with E-state index in [1.807, 2.05) is 0 Å². The number of nitrogens with zero attached hydrogens (tertiary/aromatic N) is 1. The Morgan fingerprint density at radius 2 is 1.60 bits per heavy atom. The summed E-state index contributed by atoms with van der Waals surface area (Å²) in [5.41, 5.74) is 0. The monoisotopic (exact) mass is 221 g/mol. The summed E-state index contributed by atoms with van der Waals surface area (Å²) in [6, 6.07) is 11.7. The van der Waals surface area contributed by atoms with Crippen molar-refractivity contribution < 1.29 is 8.42 Å². The van der Waals surface area contributed by atoms with Crippen LogP contribution in [0.4, 0.5) is 0 Å². The van der Waals surface area contributed by atoms with Gasteiger partial charge in [-0.05, 0) is 11.5 Å². The normalized spacial score (nSPS) is 11.5. The van der Waals surface area contributed by atoms with Gasteiger partial charge in [0.05, 0.1) is 9.48 Å². The standard InChI is InChI=1S/C10H7NO3S/c12-11-15(13,14)10-7-3-5-8-4-1-2-6-9(8)10/h1-7H. The molecule has 0 aliphatic rings. The summed E-state index contributed by atoms with van der Waals surface area (Å²) in [7, 11) is -4.06. The highest BCUT2D eigenvalue weighted by molar-refractivity contribution is 7.90. The summed E-state index contributed by atoms with van der Waals surface area (Å²) in [6.45, 7) is 0. The minimum Gasteiger partial charge on any atom is -0.196 e. The van der Waals surface area contributed by atoms with E-state index in [1.165, 1.54) is 6.07 Å². The van der Waals surface area contributed by atoms with Crippen LogP contribution in [-0.2, 0) is 10.0 Å². The molecule has 0 fully saturated rings. The van der Waals surface area contributed by atoms with Crippen LogP contribution in [-0.4, -0.2) is 8.42 Å². The van der Waals surface area contributed by atoms with Crippen molar-refractivity contribution in [3.05, 3.63) is 47.4 Å². The number of hydrogen-bond acceptors (Lipinski definition) is 3. The molecule has 5 heteroatoms. The van der Waals surface area contributed by atoms with Crippen molar-refractivity contribution in [3.8, 4) is 0 Å². The number of sulfonamides is 1. The third-order valence-electron chi connectivity index (χ3n) is 2.13. The first-order chi connectivity index (χ1) is 7.15. The third kappa shape index (κ3) is 1.61. The fraction of sp³-hybridized carbons (Fsp3) is 0. The zero-order valence-electron chi connectivity index (χ0n) is 7.62. The Hall–Kier alpha value is -1.75. The second-order valence-corrected chi connectivity index (χ2v) is 4.57. The second-order valence-electron chi connectivity index (χ2n) is 3.03. The summed E-state index contributed by atoms with van der Waals surface area (Å²) < 4.78 is 24.8. The van der Waals surface area contributed by atoms with Gasteiger partial charge in [-0.1, -0.05) is 36.4 Å². The van der Waals surface area contributed by atoms with Crippen LogP contribution in [0.1, 0.15) is 0 Å². The van der Waals surface area contributed by atoms with Gasteiger partial charge in [0.15, 0.2) is 0 Å². The fourth-order valence-electron chi connectivity index (χ4n) is 1.46. The molecule has 4 nitrogen and oxygen atoms in total.